The summed E-state index contributed by atoms with van der Waals surface area (Å²) in [7, 11) is -3.77. The maximum atomic E-state index is 12.9. The third kappa shape index (κ3) is 4.77. The van der Waals surface area contributed by atoms with Crippen LogP contribution in [0.25, 0.3) is 0 Å². The number of fused-ring (bicyclic) bond motifs is 1. The molecule has 0 radical (unpaired) electrons. The molecule has 2 heterocycles. The second-order valence-electron chi connectivity index (χ2n) is 7.47. The summed E-state index contributed by atoms with van der Waals surface area (Å²) >= 11 is 12.1. The molecule has 2 aliphatic heterocycles. The molecule has 2 aromatic carbocycles. The molecule has 0 aromatic heterocycles. The zero-order valence-electron chi connectivity index (χ0n) is 16.6. The number of ether oxygens (including phenoxy) is 2. The van der Waals surface area contributed by atoms with Crippen LogP contribution in [0.2, 0.25) is 10.0 Å². The van der Waals surface area contributed by atoms with Crippen LogP contribution in [-0.4, -0.2) is 51.0 Å². The van der Waals surface area contributed by atoms with Gasteiger partial charge in [0.25, 0.3) is 0 Å². The van der Waals surface area contributed by atoms with Gasteiger partial charge in [-0.25, -0.2) is 8.42 Å². The van der Waals surface area contributed by atoms with Gasteiger partial charge in [-0.1, -0.05) is 41.4 Å². The fourth-order valence-corrected chi connectivity index (χ4v) is 5.91. The summed E-state index contributed by atoms with van der Waals surface area (Å²) < 4.78 is 38.7. The van der Waals surface area contributed by atoms with Gasteiger partial charge in [0.2, 0.25) is 15.9 Å². The summed E-state index contributed by atoms with van der Waals surface area (Å²) in [5.74, 6) is 0.975. The largest absolute Gasteiger partial charge is 0.486 e. The molecule has 1 amide bonds. The fraction of sp³-hybridized carbons (Fsp3) is 0.381. The molecule has 2 aromatic rings. The van der Waals surface area contributed by atoms with Crippen molar-refractivity contribution in [3.05, 3.63) is 52.5 Å². The molecule has 2 aliphatic rings. The predicted octanol–water partition coefficient (Wildman–Crippen LogP) is 3.35. The average Bonchev–Trinajstić information content (AvgIpc) is 2.79. The number of para-hydroxylation sites is 2. The van der Waals surface area contributed by atoms with E-state index in [-0.39, 0.29) is 46.0 Å². The zero-order chi connectivity index (χ0) is 22.0. The Hall–Kier alpha value is -2.00. The van der Waals surface area contributed by atoms with Crippen molar-refractivity contribution in [3.63, 3.8) is 0 Å². The lowest BCUT2D eigenvalue weighted by molar-refractivity contribution is -0.126. The van der Waals surface area contributed by atoms with Crippen molar-refractivity contribution in [2.24, 2.45) is 5.92 Å². The molecule has 1 atom stereocenters. The predicted molar refractivity (Wildman–Crippen MR) is 117 cm³/mol. The third-order valence-corrected chi connectivity index (χ3v) is 8.30. The van der Waals surface area contributed by atoms with Gasteiger partial charge in [-0.2, -0.15) is 4.31 Å². The Morgan fingerprint density at radius 2 is 1.77 bits per heavy atom. The first-order valence-electron chi connectivity index (χ1n) is 9.96. The van der Waals surface area contributed by atoms with Crippen LogP contribution in [-0.2, 0) is 14.8 Å². The van der Waals surface area contributed by atoms with Gasteiger partial charge in [0.15, 0.2) is 11.5 Å². The van der Waals surface area contributed by atoms with Crippen LogP contribution in [0.15, 0.2) is 47.4 Å². The topological polar surface area (TPSA) is 84.9 Å². The summed E-state index contributed by atoms with van der Waals surface area (Å²) in [5, 5.41) is 3.11. The van der Waals surface area contributed by atoms with E-state index in [0.29, 0.717) is 37.5 Å². The molecule has 0 saturated carbocycles. The first kappa shape index (κ1) is 22.2. The second-order valence-corrected chi connectivity index (χ2v) is 10.2. The number of halogens is 2. The Balaban J connectivity index is 1.30. The van der Waals surface area contributed by atoms with Crippen molar-refractivity contribution in [1.82, 2.24) is 9.62 Å². The number of benzene rings is 2. The molecule has 31 heavy (non-hydrogen) atoms. The minimum absolute atomic E-state index is 0.0142. The molecular formula is C21H22Cl2N2O5S. The monoisotopic (exact) mass is 484 g/mol. The van der Waals surface area contributed by atoms with Crippen LogP contribution < -0.4 is 14.8 Å². The molecule has 7 nitrogen and oxygen atoms in total. The third-order valence-electron chi connectivity index (χ3n) is 5.43. The van der Waals surface area contributed by atoms with E-state index >= 15 is 0 Å². The van der Waals surface area contributed by atoms with Crippen LogP contribution in [0.4, 0.5) is 0 Å². The summed E-state index contributed by atoms with van der Waals surface area (Å²) in [6, 6.07) is 11.9. The van der Waals surface area contributed by atoms with Crippen molar-refractivity contribution >= 4 is 39.1 Å². The van der Waals surface area contributed by atoms with Gasteiger partial charge in [-0.05, 0) is 37.1 Å². The molecule has 4 rings (SSSR count). The molecular weight excluding hydrogens is 463 g/mol. The maximum absolute atomic E-state index is 12.9. The Morgan fingerprint density at radius 1 is 1.06 bits per heavy atom. The van der Waals surface area contributed by atoms with Crippen LogP contribution in [0.5, 0.6) is 11.5 Å². The highest BCUT2D eigenvalue weighted by Crippen LogP contribution is 2.33. The SMILES string of the molecule is O=C(NC[C@H]1COc2ccccc2O1)C1CCN(S(=O)(=O)c2cccc(Cl)c2Cl)CC1. The van der Waals surface area contributed by atoms with E-state index < -0.39 is 10.0 Å². The van der Waals surface area contributed by atoms with Crippen LogP contribution in [0.3, 0.4) is 0 Å². The van der Waals surface area contributed by atoms with Gasteiger partial charge in [-0.3, -0.25) is 4.79 Å². The van der Waals surface area contributed by atoms with E-state index in [1.54, 1.807) is 12.1 Å². The number of hydrogen-bond donors (Lipinski definition) is 1. The van der Waals surface area contributed by atoms with Crippen LogP contribution in [0.1, 0.15) is 12.8 Å². The quantitative estimate of drug-likeness (QED) is 0.703. The highest BCUT2D eigenvalue weighted by molar-refractivity contribution is 7.89. The highest BCUT2D eigenvalue weighted by Gasteiger charge is 2.34. The standard InChI is InChI=1S/C21H22Cl2N2O5S/c22-16-4-3-7-19(20(16)23)31(27,28)25-10-8-14(9-11-25)21(26)24-12-15-13-29-17-5-1-2-6-18(17)30-15/h1-7,14-15H,8-13H2,(H,24,26)/t15-/m0/s1. The fourth-order valence-electron chi connectivity index (χ4n) is 3.70. The van der Waals surface area contributed by atoms with Gasteiger partial charge >= 0.3 is 0 Å². The Kier molecular flexibility index (Phi) is 6.62. The molecule has 1 saturated heterocycles. The first-order chi connectivity index (χ1) is 14.9. The maximum Gasteiger partial charge on any atom is 0.244 e. The summed E-state index contributed by atoms with van der Waals surface area (Å²) in [6.07, 6.45) is 0.576. The van der Waals surface area contributed by atoms with Gasteiger partial charge < -0.3 is 14.8 Å². The zero-order valence-corrected chi connectivity index (χ0v) is 18.9. The number of sulfonamides is 1. The van der Waals surface area contributed by atoms with Gasteiger partial charge in [0, 0.05) is 19.0 Å². The second kappa shape index (κ2) is 9.24. The Labute approximate surface area is 191 Å². The lowest BCUT2D eigenvalue weighted by Crippen LogP contribution is -2.46. The molecule has 166 valence electrons. The molecule has 1 N–H and O–H groups in total. The number of nitrogens with one attached hydrogen (secondary N) is 1. The number of rotatable bonds is 5. The number of carbonyl (C=O) groups excluding carboxylic acids is 1. The summed E-state index contributed by atoms with van der Waals surface area (Å²) in [4.78, 5) is 12.6. The van der Waals surface area contributed by atoms with E-state index in [9.17, 15) is 13.2 Å². The lowest BCUT2D eigenvalue weighted by atomic mass is 9.97. The van der Waals surface area contributed by atoms with E-state index in [1.165, 1.54) is 10.4 Å². The Morgan fingerprint density at radius 3 is 2.52 bits per heavy atom. The van der Waals surface area contributed by atoms with Crippen LogP contribution in [0, 0.1) is 5.92 Å². The number of amides is 1. The Bertz CT molecular complexity index is 1070. The smallest absolute Gasteiger partial charge is 0.244 e. The molecule has 10 heteroatoms. The number of hydrogen-bond acceptors (Lipinski definition) is 5. The molecule has 0 bridgehead atoms. The molecule has 1 fully saturated rings. The van der Waals surface area contributed by atoms with Gasteiger partial charge in [0.05, 0.1) is 16.6 Å². The highest BCUT2D eigenvalue weighted by atomic mass is 35.5. The lowest BCUT2D eigenvalue weighted by Gasteiger charge is -2.31. The van der Waals surface area contributed by atoms with Crippen molar-refractivity contribution in [2.75, 3.05) is 26.2 Å². The van der Waals surface area contributed by atoms with Gasteiger partial charge in [0.1, 0.15) is 17.6 Å². The van der Waals surface area contributed by atoms with E-state index in [2.05, 4.69) is 5.32 Å². The minimum Gasteiger partial charge on any atom is -0.486 e. The van der Waals surface area contributed by atoms with E-state index in [1.807, 2.05) is 24.3 Å². The minimum atomic E-state index is -3.77. The van der Waals surface area contributed by atoms with E-state index in [4.69, 9.17) is 32.7 Å². The van der Waals surface area contributed by atoms with Crippen molar-refractivity contribution in [2.45, 2.75) is 23.8 Å². The van der Waals surface area contributed by atoms with E-state index in [0.717, 1.165) is 0 Å². The van der Waals surface area contributed by atoms with Crippen molar-refractivity contribution in [1.29, 1.82) is 0 Å². The number of piperidine rings is 1. The van der Waals surface area contributed by atoms with Crippen molar-refractivity contribution in [3.8, 4) is 11.5 Å². The van der Waals surface area contributed by atoms with Crippen molar-refractivity contribution < 1.29 is 22.7 Å². The molecule has 0 spiro atoms. The normalized spacial score (nSPS) is 19.7. The summed E-state index contributed by atoms with van der Waals surface area (Å²) in [6.45, 7) is 1.15. The number of carbonyl (C=O) groups is 1. The van der Waals surface area contributed by atoms with Gasteiger partial charge in [-0.15, -0.1) is 0 Å². The molecule has 0 unspecified atom stereocenters. The first-order valence-corrected chi connectivity index (χ1v) is 12.2. The average molecular weight is 485 g/mol. The molecule has 0 aliphatic carbocycles. The number of nitrogens with zero attached hydrogens (tertiary/aromatic N) is 1. The summed E-state index contributed by atoms with van der Waals surface area (Å²) in [5.41, 5.74) is 0. The van der Waals surface area contributed by atoms with Crippen LogP contribution >= 0.6 is 23.2 Å².